The lowest BCUT2D eigenvalue weighted by atomic mass is 9.85. The minimum Gasteiger partial charge on any atom is -0.391 e. The molecule has 4 amide bonds. The number of fused-ring (bicyclic) bond motifs is 3. The lowest BCUT2D eigenvalue weighted by Gasteiger charge is -2.35. The van der Waals surface area contributed by atoms with Crippen LogP contribution in [0, 0.1) is 33.1 Å². The second-order valence-electron chi connectivity index (χ2n) is 18.3. The largest absolute Gasteiger partial charge is 0.391 e. The fraction of sp³-hybridized carbons (Fsp3) is 0.469. The summed E-state index contributed by atoms with van der Waals surface area (Å²) in [5.74, 6) is -0.117. The molecule has 0 saturated carbocycles. The summed E-state index contributed by atoms with van der Waals surface area (Å²) >= 11 is 9.46. The second kappa shape index (κ2) is 22.4. The number of nitrogens with one attached hydrogen (secondary N) is 3. The van der Waals surface area contributed by atoms with Crippen molar-refractivity contribution in [3.8, 4) is 15.4 Å². The average molecular weight is 987 g/mol. The number of carbonyl (C=O) groups is 4. The first kappa shape index (κ1) is 50.5. The molecule has 362 valence electrons. The van der Waals surface area contributed by atoms with Crippen LogP contribution in [0.5, 0.6) is 0 Å². The summed E-state index contributed by atoms with van der Waals surface area (Å²) in [6.45, 7) is 15.0. The van der Waals surface area contributed by atoms with Crippen molar-refractivity contribution in [1.29, 1.82) is 0 Å². The highest BCUT2D eigenvalue weighted by atomic mass is 35.5. The van der Waals surface area contributed by atoms with Gasteiger partial charge in [0.15, 0.2) is 5.82 Å². The fourth-order valence-corrected chi connectivity index (χ4v) is 10.4. The van der Waals surface area contributed by atoms with Crippen molar-refractivity contribution < 1.29 is 33.8 Å². The Morgan fingerprint density at radius 2 is 1.62 bits per heavy atom. The number of aromatic nitrogens is 4. The third-order valence-electron chi connectivity index (χ3n) is 12.0. The quantitative estimate of drug-likeness (QED) is 0.0675. The van der Waals surface area contributed by atoms with Gasteiger partial charge in [-0.25, -0.2) is 4.98 Å². The van der Waals surface area contributed by atoms with E-state index < -0.39 is 41.5 Å². The number of aliphatic hydroxyl groups is 1. The predicted molar refractivity (Wildman–Crippen MR) is 263 cm³/mol. The number of benzene rings is 2. The van der Waals surface area contributed by atoms with Crippen LogP contribution in [0.3, 0.4) is 0 Å². The summed E-state index contributed by atoms with van der Waals surface area (Å²) in [4.78, 5) is 66.9. The number of carbonyl (C=O) groups excluding carboxylic acids is 4. The molecule has 0 spiro atoms. The summed E-state index contributed by atoms with van der Waals surface area (Å²) in [6, 6.07) is 13.0. The van der Waals surface area contributed by atoms with Crippen molar-refractivity contribution in [2.75, 3.05) is 39.5 Å². The Kier molecular flexibility index (Phi) is 16.6. The molecule has 19 heteroatoms. The van der Waals surface area contributed by atoms with Gasteiger partial charge in [0.25, 0.3) is 0 Å². The molecule has 7 rings (SSSR count). The van der Waals surface area contributed by atoms with E-state index in [1.54, 1.807) is 22.7 Å². The van der Waals surface area contributed by atoms with Crippen LogP contribution in [0.2, 0.25) is 5.02 Å². The molecule has 1 saturated heterocycles. The first-order valence-electron chi connectivity index (χ1n) is 22.8. The van der Waals surface area contributed by atoms with Crippen molar-refractivity contribution in [2.45, 2.75) is 105 Å². The van der Waals surface area contributed by atoms with Gasteiger partial charge in [-0.2, -0.15) is 0 Å². The van der Waals surface area contributed by atoms with E-state index in [9.17, 15) is 24.3 Å². The molecule has 68 heavy (non-hydrogen) atoms. The number of nitrogens with zero attached hydrogens (tertiary/aromatic N) is 6. The van der Waals surface area contributed by atoms with Gasteiger partial charge in [-0.15, -0.1) is 32.9 Å². The Labute approximate surface area is 409 Å². The van der Waals surface area contributed by atoms with Crippen LogP contribution in [0.25, 0.3) is 15.4 Å². The van der Waals surface area contributed by atoms with Crippen LogP contribution < -0.4 is 16.0 Å². The van der Waals surface area contributed by atoms with E-state index in [-0.39, 0.29) is 51.0 Å². The number of hydrogen-bond donors (Lipinski definition) is 4. The first-order valence-corrected chi connectivity index (χ1v) is 24.9. The Balaban J connectivity index is 0.814. The average Bonchev–Trinajstić information content (AvgIpc) is 4.07. The molecule has 5 aromatic rings. The highest BCUT2D eigenvalue weighted by Gasteiger charge is 2.44. The number of ether oxygens (including phenoxy) is 2. The van der Waals surface area contributed by atoms with Gasteiger partial charge in [-0.1, -0.05) is 68.8 Å². The van der Waals surface area contributed by atoms with Crippen LogP contribution in [0.1, 0.15) is 97.0 Å². The summed E-state index contributed by atoms with van der Waals surface area (Å²) in [5, 5.41) is 29.8. The van der Waals surface area contributed by atoms with E-state index in [0.717, 1.165) is 54.9 Å². The lowest BCUT2D eigenvalue weighted by Crippen LogP contribution is -2.58. The molecule has 1 fully saturated rings. The van der Waals surface area contributed by atoms with Gasteiger partial charge in [0, 0.05) is 66.9 Å². The van der Waals surface area contributed by atoms with Gasteiger partial charge < -0.3 is 35.4 Å². The van der Waals surface area contributed by atoms with Crippen LogP contribution in [-0.4, -0.2) is 117 Å². The number of β-amino-alcohol motifs (C(OH)–C–C–N with tert-alkyl or cyclic N) is 1. The van der Waals surface area contributed by atoms with Gasteiger partial charge in [0.1, 0.15) is 35.6 Å². The van der Waals surface area contributed by atoms with E-state index in [2.05, 4.69) is 45.0 Å². The lowest BCUT2D eigenvalue weighted by molar-refractivity contribution is -0.144. The molecule has 2 aliphatic heterocycles. The normalized spacial score (nSPS) is 17.2. The van der Waals surface area contributed by atoms with E-state index in [4.69, 9.17) is 26.1 Å². The molecule has 0 radical (unpaired) electrons. The van der Waals surface area contributed by atoms with E-state index in [1.807, 2.05) is 93.2 Å². The number of aliphatic imine (C=N–C) groups is 1. The number of aryl methyl sites for hydroxylation is 3. The molecule has 4 atom stereocenters. The molecule has 2 aliphatic rings. The molecular weight excluding hydrogens is 926 g/mol. The Morgan fingerprint density at radius 3 is 2.32 bits per heavy atom. The van der Waals surface area contributed by atoms with E-state index >= 15 is 0 Å². The maximum atomic E-state index is 14.0. The summed E-state index contributed by atoms with van der Waals surface area (Å²) < 4.78 is 13.4. The van der Waals surface area contributed by atoms with Crippen molar-refractivity contribution in [3.63, 3.8) is 0 Å². The van der Waals surface area contributed by atoms with Crippen LogP contribution >= 0.6 is 34.3 Å². The summed E-state index contributed by atoms with van der Waals surface area (Å²) in [5.41, 5.74) is 7.82. The SMILES string of the molecule is Cc1ncsc1-c1ccc(CNC(=O)[C@@H]2C[C@@H](O)CN2C(=O)C(NC(=O)COCCCOCCCNC(=O)CC2N=C(c3ccc(Cl)cc3)c3c(sc(C)c3C)-n3c(C)nnc32)C(C)(C)C)cc1. The number of aliphatic hydroxyl groups excluding tert-OH is 1. The zero-order chi connectivity index (χ0) is 48.7. The molecule has 0 bridgehead atoms. The van der Waals surface area contributed by atoms with Gasteiger partial charge in [0.2, 0.25) is 23.6 Å². The molecule has 2 aromatic carbocycles. The van der Waals surface area contributed by atoms with Crippen LogP contribution in [0.4, 0.5) is 0 Å². The number of thiazole rings is 1. The van der Waals surface area contributed by atoms with Gasteiger partial charge >= 0.3 is 0 Å². The highest BCUT2D eigenvalue weighted by molar-refractivity contribution is 7.15. The number of hydrogen-bond acceptors (Lipinski definition) is 13. The number of amides is 4. The smallest absolute Gasteiger partial charge is 0.246 e. The molecule has 16 nitrogen and oxygen atoms in total. The van der Waals surface area contributed by atoms with Gasteiger partial charge in [-0.05, 0) is 74.8 Å². The zero-order valence-corrected chi connectivity index (χ0v) is 41.9. The second-order valence-corrected chi connectivity index (χ2v) is 20.8. The molecule has 2 unspecified atom stereocenters. The zero-order valence-electron chi connectivity index (χ0n) is 39.6. The van der Waals surface area contributed by atoms with Crippen molar-refractivity contribution >= 4 is 63.6 Å². The molecule has 4 N–H and O–H groups in total. The molecular formula is C49H60ClN9O7S2. The van der Waals surface area contributed by atoms with Crippen LogP contribution in [0.15, 0.2) is 59.0 Å². The highest BCUT2D eigenvalue weighted by Crippen LogP contribution is 2.40. The summed E-state index contributed by atoms with van der Waals surface area (Å²) in [6.07, 6.45) is 0.420. The van der Waals surface area contributed by atoms with Crippen molar-refractivity contribution in [1.82, 2.24) is 40.6 Å². The maximum absolute atomic E-state index is 14.0. The number of likely N-dealkylation sites (tertiary alicyclic amines) is 1. The molecule has 3 aromatic heterocycles. The summed E-state index contributed by atoms with van der Waals surface area (Å²) in [7, 11) is 0. The third kappa shape index (κ3) is 12.1. The third-order valence-corrected chi connectivity index (χ3v) is 14.5. The van der Waals surface area contributed by atoms with Gasteiger partial charge in [0.05, 0.1) is 34.3 Å². The molecule has 0 aliphatic carbocycles. The minimum atomic E-state index is -0.968. The van der Waals surface area contributed by atoms with Crippen molar-refractivity contribution in [2.24, 2.45) is 10.4 Å². The fourth-order valence-electron chi connectivity index (χ4n) is 8.30. The van der Waals surface area contributed by atoms with Crippen molar-refractivity contribution in [3.05, 3.63) is 104 Å². The van der Waals surface area contributed by atoms with E-state index in [0.29, 0.717) is 43.4 Å². The predicted octanol–water partition coefficient (Wildman–Crippen LogP) is 6.36. The topological polar surface area (TPSA) is 202 Å². The Bertz CT molecular complexity index is 2620. The Morgan fingerprint density at radius 1 is 0.912 bits per heavy atom. The number of thiophene rings is 1. The first-order chi connectivity index (χ1) is 32.5. The maximum Gasteiger partial charge on any atom is 0.246 e. The minimum absolute atomic E-state index is 0.0196. The molecule has 5 heterocycles. The Hall–Kier alpha value is -5.37. The monoisotopic (exact) mass is 985 g/mol. The number of halogens is 1. The van der Waals surface area contributed by atoms with Gasteiger partial charge in [-0.3, -0.25) is 28.7 Å². The number of rotatable bonds is 19. The van der Waals surface area contributed by atoms with Crippen LogP contribution in [-0.2, 0) is 35.2 Å². The van der Waals surface area contributed by atoms with E-state index in [1.165, 1.54) is 9.78 Å². The standard InChI is InChI=1S/C49H60ClN9O7S2/c1-28-30(3)68-48-41(28)42(33-14-16-35(50)17-15-33)54-37(45-57-56-31(4)59(45)48)23-39(61)51-18-8-19-65-20-9-21-66-26-40(62)55-44(49(5,6)7)47(64)58-25-36(60)22-38(58)46(63)52-24-32-10-12-34(13-11-32)43-29(2)53-27-67-43/h10-17,27,36-38,44,60H,8-9,18-26H2,1-7H3,(H,51,61)(H,52,63)(H,55,62)/t36-,37?,38+,44?/m1/s1.